The van der Waals surface area contributed by atoms with Gasteiger partial charge in [-0.3, -0.25) is 0 Å². The molecule has 0 aromatic rings. The second kappa shape index (κ2) is 9.82. The van der Waals surface area contributed by atoms with E-state index in [9.17, 15) is 15.0 Å². The third-order valence-corrected chi connectivity index (χ3v) is 16.2. The van der Waals surface area contributed by atoms with E-state index >= 15 is 0 Å². The summed E-state index contributed by atoms with van der Waals surface area (Å²) in [7, 11) is 0. The average Bonchev–Trinajstić information content (AvgIpc) is 3.38. The van der Waals surface area contributed by atoms with Crippen LogP contribution in [-0.4, -0.2) is 77.0 Å². The van der Waals surface area contributed by atoms with Gasteiger partial charge in [0.15, 0.2) is 0 Å². The third kappa shape index (κ3) is 3.68. The van der Waals surface area contributed by atoms with E-state index < -0.39 is 17.8 Å². The zero-order valence-corrected chi connectivity index (χ0v) is 29.0. The van der Waals surface area contributed by atoms with Gasteiger partial charge in [0, 0.05) is 30.5 Å². The van der Waals surface area contributed by atoms with E-state index in [1.165, 1.54) is 6.42 Å². The molecule has 2 heterocycles. The number of ether oxygens (including phenoxy) is 3. The lowest BCUT2D eigenvalue weighted by atomic mass is 9.41. The molecule has 5 aliphatic carbocycles. The number of likely N-dealkylation sites (tertiary alicyclic amines) is 1. The summed E-state index contributed by atoms with van der Waals surface area (Å²) < 4.78 is 19.3. The van der Waals surface area contributed by atoms with E-state index in [-0.39, 0.29) is 57.4 Å². The first-order chi connectivity index (χ1) is 20.5. The summed E-state index contributed by atoms with van der Waals surface area (Å²) in [6, 6.07) is 0. The maximum Gasteiger partial charge on any atom is 0.410 e. The van der Waals surface area contributed by atoms with Crippen molar-refractivity contribution in [3.8, 4) is 0 Å². The molecule has 2 N–H and O–H groups in total. The van der Waals surface area contributed by atoms with Gasteiger partial charge in [-0.15, -0.1) is 0 Å². The Labute approximate surface area is 266 Å². The van der Waals surface area contributed by atoms with Crippen LogP contribution in [0.2, 0.25) is 0 Å². The molecule has 0 bridgehead atoms. The van der Waals surface area contributed by atoms with Gasteiger partial charge in [0.25, 0.3) is 0 Å². The molecule has 0 radical (unpaired) electrons. The number of aliphatic hydroxyl groups excluding tert-OH is 1. The second-order valence-corrected chi connectivity index (χ2v) is 18.1. The molecule has 0 aromatic heterocycles. The number of aliphatic hydroxyl groups is 2. The Hall–Kier alpha value is -0.890. The summed E-state index contributed by atoms with van der Waals surface area (Å²) in [5.41, 5.74) is -0.859. The number of fused-ring (bicyclic) bond motifs is 4. The van der Waals surface area contributed by atoms with E-state index in [4.69, 9.17) is 14.2 Å². The zero-order chi connectivity index (χ0) is 31.8. The van der Waals surface area contributed by atoms with Gasteiger partial charge in [-0.25, -0.2) is 4.79 Å². The van der Waals surface area contributed by atoms with Crippen molar-refractivity contribution in [3.63, 3.8) is 0 Å². The van der Waals surface area contributed by atoms with Crippen molar-refractivity contribution in [2.75, 3.05) is 19.7 Å². The van der Waals surface area contributed by atoms with Crippen LogP contribution in [0.5, 0.6) is 0 Å². The fourth-order valence-corrected chi connectivity index (χ4v) is 14.1. The number of carbonyl (C=O) groups excluding carboxylic acids is 1. The van der Waals surface area contributed by atoms with E-state index in [0.29, 0.717) is 30.3 Å². The van der Waals surface area contributed by atoms with Crippen LogP contribution in [0.1, 0.15) is 114 Å². The van der Waals surface area contributed by atoms with Crippen molar-refractivity contribution in [2.24, 2.45) is 56.7 Å². The molecule has 2 spiro atoms. The first kappa shape index (κ1) is 31.7. The molecule has 7 aliphatic rings. The normalized spacial score (nSPS) is 52.8. The van der Waals surface area contributed by atoms with Crippen LogP contribution >= 0.6 is 0 Å². The minimum Gasteiger partial charge on any atom is -0.446 e. The van der Waals surface area contributed by atoms with E-state index in [1.54, 1.807) is 0 Å². The summed E-state index contributed by atoms with van der Waals surface area (Å²) >= 11 is 0. The van der Waals surface area contributed by atoms with E-state index in [1.807, 2.05) is 25.7 Å². The van der Waals surface area contributed by atoms with Crippen molar-refractivity contribution in [1.29, 1.82) is 0 Å². The van der Waals surface area contributed by atoms with Gasteiger partial charge in [0.2, 0.25) is 0 Å². The van der Waals surface area contributed by atoms with Crippen molar-refractivity contribution in [1.82, 2.24) is 4.90 Å². The van der Waals surface area contributed by atoms with Crippen molar-refractivity contribution < 1.29 is 29.2 Å². The molecule has 14 atom stereocenters. The lowest BCUT2D eigenvalue weighted by Crippen LogP contribution is -2.60. The topological polar surface area (TPSA) is 88.5 Å². The lowest BCUT2D eigenvalue weighted by Gasteiger charge is -2.63. The molecule has 7 fully saturated rings. The molecule has 14 unspecified atom stereocenters. The summed E-state index contributed by atoms with van der Waals surface area (Å²) in [5.74, 6) is 2.24. The molecular formula is C37H61NO6. The van der Waals surface area contributed by atoms with Gasteiger partial charge >= 0.3 is 6.09 Å². The van der Waals surface area contributed by atoms with Crippen LogP contribution in [0, 0.1) is 56.7 Å². The third-order valence-electron chi connectivity index (χ3n) is 16.2. The maximum absolute atomic E-state index is 12.9. The van der Waals surface area contributed by atoms with Crippen LogP contribution in [0.25, 0.3) is 0 Å². The Morgan fingerprint density at radius 2 is 1.68 bits per heavy atom. The molecule has 250 valence electrons. The van der Waals surface area contributed by atoms with Crippen LogP contribution in [0.3, 0.4) is 0 Å². The van der Waals surface area contributed by atoms with Gasteiger partial charge in [-0.2, -0.15) is 0 Å². The highest BCUT2D eigenvalue weighted by atomic mass is 16.6. The molecule has 7 nitrogen and oxygen atoms in total. The Balaban J connectivity index is 1.19. The Kier molecular flexibility index (Phi) is 7.08. The van der Waals surface area contributed by atoms with Crippen LogP contribution in [0.4, 0.5) is 4.79 Å². The minimum atomic E-state index is -1.02. The van der Waals surface area contributed by atoms with E-state index in [2.05, 4.69) is 41.5 Å². The summed E-state index contributed by atoms with van der Waals surface area (Å²) in [5, 5.41) is 23.6. The fraction of sp³-hybridized carbons (Fsp3) is 0.973. The number of nitrogens with zero attached hydrogens (tertiary/aromatic N) is 1. The van der Waals surface area contributed by atoms with E-state index in [0.717, 1.165) is 58.0 Å². The predicted molar refractivity (Wildman–Crippen MR) is 169 cm³/mol. The molecule has 7 heteroatoms. The average molecular weight is 616 g/mol. The van der Waals surface area contributed by atoms with Gasteiger partial charge < -0.3 is 29.3 Å². The monoisotopic (exact) mass is 615 g/mol. The number of hydrogen-bond donors (Lipinski definition) is 2. The largest absolute Gasteiger partial charge is 0.446 e. The standard InChI is InChI=1S/C37H61NO6/c1-10-42-30(33(6,7)41)23-20-21(2)27-28(43-23)29(39)35(9)25-13-12-24-32(4,5)26(44-31(40)38-18-11-19-38)14-15-36(24)22(3)37(25,36)17-16-34(27,35)8/h21-30,39,41H,10-20H2,1-9H3. The van der Waals surface area contributed by atoms with Crippen molar-refractivity contribution in [2.45, 2.75) is 150 Å². The molecule has 5 saturated carbocycles. The first-order valence-corrected chi connectivity index (χ1v) is 18.2. The Morgan fingerprint density at radius 1 is 1.02 bits per heavy atom. The van der Waals surface area contributed by atoms with Gasteiger partial charge in [0.1, 0.15) is 12.2 Å². The molecule has 0 aromatic carbocycles. The zero-order valence-electron chi connectivity index (χ0n) is 29.0. The number of hydrogen-bond acceptors (Lipinski definition) is 6. The van der Waals surface area contributed by atoms with Crippen molar-refractivity contribution in [3.05, 3.63) is 0 Å². The number of amides is 1. The molecule has 2 aliphatic heterocycles. The molecule has 1 amide bonds. The highest BCUT2D eigenvalue weighted by Crippen LogP contribution is 2.91. The highest BCUT2D eigenvalue weighted by molar-refractivity contribution is 5.68. The van der Waals surface area contributed by atoms with Crippen LogP contribution in [0.15, 0.2) is 0 Å². The highest BCUT2D eigenvalue weighted by Gasteiger charge is 2.88. The summed E-state index contributed by atoms with van der Waals surface area (Å²) in [6.45, 7) is 22.4. The lowest BCUT2D eigenvalue weighted by molar-refractivity contribution is -0.215. The number of rotatable bonds is 5. The molecule has 7 rings (SSSR count). The first-order valence-electron chi connectivity index (χ1n) is 18.2. The Bertz CT molecular complexity index is 1160. The predicted octanol–water partition coefficient (Wildman–Crippen LogP) is 6.43. The second-order valence-electron chi connectivity index (χ2n) is 18.1. The van der Waals surface area contributed by atoms with Crippen LogP contribution in [-0.2, 0) is 14.2 Å². The Morgan fingerprint density at radius 3 is 2.30 bits per heavy atom. The van der Waals surface area contributed by atoms with Gasteiger partial charge in [0.05, 0.1) is 23.9 Å². The summed E-state index contributed by atoms with van der Waals surface area (Å²) in [4.78, 5) is 14.8. The molecule has 2 saturated heterocycles. The van der Waals surface area contributed by atoms with Crippen LogP contribution < -0.4 is 0 Å². The SMILES string of the molecule is CCOC(C1CC(C)C2C(O1)C(O)C1(C)C3CCC4C(C)(C)C(OC(=O)N5CCC5)CCC45C(C)C35CCC21C)C(C)(C)O. The fourth-order valence-electron chi connectivity index (χ4n) is 14.1. The molecule has 44 heavy (non-hydrogen) atoms. The smallest absolute Gasteiger partial charge is 0.410 e. The quantitative estimate of drug-likeness (QED) is 0.371. The van der Waals surface area contributed by atoms with Gasteiger partial charge in [-0.05, 0) is 118 Å². The van der Waals surface area contributed by atoms with Gasteiger partial charge in [-0.1, -0.05) is 41.5 Å². The maximum atomic E-state index is 12.9. The molecular weight excluding hydrogens is 554 g/mol. The summed E-state index contributed by atoms with van der Waals surface area (Å²) in [6.07, 6.45) is 7.03. The van der Waals surface area contributed by atoms with Crippen molar-refractivity contribution >= 4 is 6.09 Å². The minimum absolute atomic E-state index is 0.0109. The number of carbonyl (C=O) groups is 1.